The van der Waals surface area contributed by atoms with E-state index < -0.39 is 15.9 Å². The zero-order valence-electron chi connectivity index (χ0n) is 20.5. The van der Waals surface area contributed by atoms with Gasteiger partial charge in [-0.2, -0.15) is 4.31 Å². The molecule has 0 saturated carbocycles. The predicted molar refractivity (Wildman–Crippen MR) is 143 cm³/mol. The largest absolute Gasteiger partial charge is 0.497 e. The van der Waals surface area contributed by atoms with Crippen LogP contribution >= 0.6 is 0 Å². The van der Waals surface area contributed by atoms with Crippen LogP contribution < -0.4 is 15.0 Å². The molecule has 36 heavy (non-hydrogen) atoms. The molecule has 1 aliphatic rings. The molecule has 7 nitrogen and oxygen atoms in total. The maximum Gasteiger partial charge on any atom is 0.232 e. The Balaban J connectivity index is 1.27. The predicted octanol–water partition coefficient (Wildman–Crippen LogP) is 3.49. The van der Waals surface area contributed by atoms with Crippen molar-refractivity contribution in [1.82, 2.24) is 9.62 Å². The normalized spacial score (nSPS) is 14.6. The van der Waals surface area contributed by atoms with Gasteiger partial charge in [-0.3, -0.25) is 4.79 Å². The van der Waals surface area contributed by atoms with Crippen molar-refractivity contribution in [1.29, 1.82) is 0 Å². The maximum atomic E-state index is 13.1. The van der Waals surface area contributed by atoms with E-state index in [1.54, 1.807) is 11.4 Å². The fraction of sp³-hybridized carbons (Fsp3) is 0.321. The molecule has 0 spiro atoms. The van der Waals surface area contributed by atoms with Crippen LogP contribution in [0.25, 0.3) is 0 Å². The number of hydrogen-bond donors (Lipinski definition) is 1. The Morgan fingerprint density at radius 1 is 0.861 bits per heavy atom. The molecule has 8 heteroatoms. The summed E-state index contributed by atoms with van der Waals surface area (Å²) in [5, 5.41) is 2.95. The van der Waals surface area contributed by atoms with Gasteiger partial charge in [0.15, 0.2) is 0 Å². The summed E-state index contributed by atoms with van der Waals surface area (Å²) in [6.07, 6.45) is 0.364. The first kappa shape index (κ1) is 25.7. The molecule has 4 rings (SSSR count). The molecule has 0 atom stereocenters. The van der Waals surface area contributed by atoms with Gasteiger partial charge >= 0.3 is 0 Å². The Hall–Kier alpha value is -3.36. The van der Waals surface area contributed by atoms with E-state index in [1.165, 1.54) is 0 Å². The van der Waals surface area contributed by atoms with Crippen LogP contribution in [0.3, 0.4) is 0 Å². The van der Waals surface area contributed by atoms with E-state index in [1.807, 2.05) is 84.9 Å². The van der Waals surface area contributed by atoms with E-state index in [2.05, 4.69) is 10.2 Å². The lowest BCUT2D eigenvalue weighted by Gasteiger charge is -2.35. The Bertz CT molecular complexity index is 1170. The zero-order valence-corrected chi connectivity index (χ0v) is 21.4. The number of sulfonamides is 1. The molecule has 1 fully saturated rings. The van der Waals surface area contributed by atoms with Crippen molar-refractivity contribution in [3.63, 3.8) is 0 Å². The molecule has 0 unspecified atom stereocenters. The number of hydrogen-bond acceptors (Lipinski definition) is 5. The van der Waals surface area contributed by atoms with Crippen LogP contribution in [-0.2, 0) is 14.8 Å². The van der Waals surface area contributed by atoms with Crippen LogP contribution in [0.2, 0.25) is 0 Å². The van der Waals surface area contributed by atoms with Crippen molar-refractivity contribution in [3.8, 4) is 5.75 Å². The van der Waals surface area contributed by atoms with Crippen molar-refractivity contribution in [2.24, 2.45) is 0 Å². The van der Waals surface area contributed by atoms with Crippen molar-refractivity contribution in [2.75, 3.05) is 50.5 Å². The van der Waals surface area contributed by atoms with Gasteiger partial charge in [-0.1, -0.05) is 60.7 Å². The number of benzene rings is 3. The molecule has 0 radical (unpaired) electrons. The molecule has 0 bridgehead atoms. The highest BCUT2D eigenvalue weighted by molar-refractivity contribution is 7.89. The lowest BCUT2D eigenvalue weighted by Crippen LogP contribution is -2.49. The summed E-state index contributed by atoms with van der Waals surface area (Å²) in [5.41, 5.74) is 2.87. The molecular formula is C28H33N3O4S. The highest BCUT2D eigenvalue weighted by Gasteiger charge is 2.27. The molecule has 0 aliphatic carbocycles. The summed E-state index contributed by atoms with van der Waals surface area (Å²) in [6, 6.07) is 27.1. The van der Waals surface area contributed by atoms with Crippen LogP contribution in [0, 0.1) is 0 Å². The summed E-state index contributed by atoms with van der Waals surface area (Å²) in [6.45, 7) is 2.48. The third-order valence-electron chi connectivity index (χ3n) is 6.48. The number of carbonyl (C=O) groups is 1. The molecule has 3 aromatic carbocycles. The van der Waals surface area contributed by atoms with Gasteiger partial charge in [-0.05, 0) is 41.8 Å². The van der Waals surface area contributed by atoms with E-state index >= 15 is 0 Å². The van der Waals surface area contributed by atoms with Crippen molar-refractivity contribution < 1.29 is 17.9 Å². The van der Waals surface area contributed by atoms with E-state index in [-0.39, 0.29) is 11.7 Å². The molecule has 1 heterocycles. The van der Waals surface area contributed by atoms with Gasteiger partial charge in [0.1, 0.15) is 5.75 Å². The molecule has 1 N–H and O–H groups in total. The summed E-state index contributed by atoms with van der Waals surface area (Å²) in [7, 11) is -1.75. The van der Waals surface area contributed by atoms with E-state index in [4.69, 9.17) is 4.74 Å². The van der Waals surface area contributed by atoms with Crippen LogP contribution in [-0.4, -0.2) is 64.2 Å². The Labute approximate surface area is 213 Å². The number of piperazine rings is 1. The lowest BCUT2D eigenvalue weighted by atomic mass is 9.90. The first-order valence-electron chi connectivity index (χ1n) is 12.2. The number of nitrogens with one attached hydrogen (secondary N) is 1. The summed E-state index contributed by atoms with van der Waals surface area (Å²) >= 11 is 0. The van der Waals surface area contributed by atoms with Crippen molar-refractivity contribution in [2.45, 2.75) is 12.3 Å². The average molecular weight is 508 g/mol. The van der Waals surface area contributed by atoms with Crippen LogP contribution in [0.5, 0.6) is 5.75 Å². The molecule has 1 aliphatic heterocycles. The maximum absolute atomic E-state index is 13.1. The second-order valence-corrected chi connectivity index (χ2v) is 10.9. The van der Waals surface area contributed by atoms with Crippen molar-refractivity contribution in [3.05, 3.63) is 96.1 Å². The highest BCUT2D eigenvalue weighted by atomic mass is 32.2. The summed E-state index contributed by atoms with van der Waals surface area (Å²) in [4.78, 5) is 15.3. The SMILES string of the molecule is COc1ccc(N2CCN(S(=O)(=O)CCCNC(=O)C(c3ccccc3)c3ccccc3)CC2)cc1. The standard InChI is InChI=1S/C28H33N3O4S/c1-35-26-15-13-25(14-16-26)30-18-20-31(21-19-30)36(33,34)22-8-17-29-28(32)27(23-9-4-2-5-10-23)24-11-6-3-7-12-24/h2-7,9-16,27H,8,17-22H2,1H3,(H,29,32). The lowest BCUT2D eigenvalue weighted by molar-refractivity contribution is -0.121. The minimum absolute atomic E-state index is 0.0111. The quantitative estimate of drug-likeness (QED) is 0.425. The first-order chi connectivity index (χ1) is 17.5. The molecule has 0 aromatic heterocycles. The van der Waals surface area contributed by atoms with E-state index in [0.29, 0.717) is 39.1 Å². The molecular weight excluding hydrogens is 474 g/mol. The second kappa shape index (κ2) is 12.1. The third-order valence-corrected chi connectivity index (χ3v) is 8.43. The smallest absolute Gasteiger partial charge is 0.232 e. The third kappa shape index (κ3) is 6.44. The van der Waals surface area contributed by atoms with Gasteiger partial charge in [0.2, 0.25) is 15.9 Å². The second-order valence-electron chi connectivity index (χ2n) is 8.80. The topological polar surface area (TPSA) is 79.0 Å². The number of carbonyl (C=O) groups excluding carboxylic acids is 1. The van der Waals surface area contributed by atoms with Gasteiger partial charge in [0.25, 0.3) is 0 Å². The molecule has 190 valence electrons. The summed E-state index contributed by atoms with van der Waals surface area (Å²) in [5.74, 6) is 0.246. The summed E-state index contributed by atoms with van der Waals surface area (Å²) < 4.78 is 32.6. The minimum Gasteiger partial charge on any atom is -0.497 e. The highest BCUT2D eigenvalue weighted by Crippen LogP contribution is 2.25. The fourth-order valence-corrected chi connectivity index (χ4v) is 5.99. The van der Waals surface area contributed by atoms with Crippen LogP contribution in [0.1, 0.15) is 23.5 Å². The molecule has 3 aromatic rings. The van der Waals surface area contributed by atoms with Crippen molar-refractivity contribution >= 4 is 21.6 Å². The fourth-order valence-electron chi connectivity index (χ4n) is 4.50. The van der Waals surface area contributed by atoms with Gasteiger partial charge in [-0.25, -0.2) is 8.42 Å². The van der Waals surface area contributed by atoms with Crippen LogP contribution in [0.15, 0.2) is 84.9 Å². The van der Waals surface area contributed by atoms with Gasteiger partial charge < -0.3 is 15.0 Å². The molecule has 1 amide bonds. The molecule has 1 saturated heterocycles. The van der Waals surface area contributed by atoms with Gasteiger partial charge in [0, 0.05) is 38.4 Å². The van der Waals surface area contributed by atoms with E-state index in [9.17, 15) is 13.2 Å². The minimum atomic E-state index is -3.39. The van der Waals surface area contributed by atoms with Gasteiger partial charge in [0.05, 0.1) is 18.8 Å². The van der Waals surface area contributed by atoms with E-state index in [0.717, 1.165) is 22.6 Å². The Morgan fingerprint density at radius 2 is 1.42 bits per heavy atom. The van der Waals surface area contributed by atoms with Crippen LogP contribution in [0.4, 0.5) is 5.69 Å². The number of methoxy groups -OCH3 is 1. The zero-order chi connectivity index (χ0) is 25.4. The average Bonchev–Trinajstić information content (AvgIpc) is 2.93. The Morgan fingerprint density at radius 3 is 1.94 bits per heavy atom. The van der Waals surface area contributed by atoms with Gasteiger partial charge in [-0.15, -0.1) is 0 Å². The number of rotatable bonds is 10. The number of ether oxygens (including phenoxy) is 1. The Kier molecular flexibility index (Phi) is 8.61. The number of amides is 1. The monoisotopic (exact) mass is 507 g/mol. The number of nitrogens with zero attached hydrogens (tertiary/aromatic N) is 2. The number of anilines is 1. The first-order valence-corrected chi connectivity index (χ1v) is 13.8.